The van der Waals surface area contributed by atoms with Gasteiger partial charge < -0.3 is 9.52 Å². The number of carbonyl (C=O) groups is 1. The summed E-state index contributed by atoms with van der Waals surface area (Å²) in [5.74, 6) is 0.876. The molecular weight excluding hydrogens is 875 g/mol. The number of hydrogen-bond acceptors (Lipinski definition) is 5. The molecule has 1 N–H and O–H groups in total. The number of ketones is 1. The Morgan fingerprint density at radius 2 is 1.53 bits per heavy atom. The zero-order valence-corrected chi connectivity index (χ0v) is 38.2. The van der Waals surface area contributed by atoms with Crippen molar-refractivity contribution in [3.05, 3.63) is 101 Å². The fourth-order valence-electron chi connectivity index (χ4n) is 7.03. The molecule has 6 rings (SSSR count). The summed E-state index contributed by atoms with van der Waals surface area (Å²) in [5.41, 5.74) is 7.28. The molecule has 1 radical (unpaired) electrons. The first-order valence-corrected chi connectivity index (χ1v) is 20.6. The second-order valence-electron chi connectivity index (χ2n) is 17.0. The van der Waals surface area contributed by atoms with Crippen molar-refractivity contribution in [1.29, 1.82) is 0 Å². The van der Waals surface area contributed by atoms with Gasteiger partial charge in [0.15, 0.2) is 5.78 Å². The number of nitrogens with zero attached hydrogens (tertiary/aromatic N) is 1. The van der Waals surface area contributed by atoms with E-state index < -0.39 is 0 Å². The predicted molar refractivity (Wildman–Crippen MR) is 232 cm³/mol. The summed E-state index contributed by atoms with van der Waals surface area (Å²) < 4.78 is 6.03. The predicted octanol–water partition coefficient (Wildman–Crippen LogP) is 14.8. The van der Waals surface area contributed by atoms with E-state index in [2.05, 4.69) is 108 Å². The monoisotopic (exact) mass is 935 g/mol. The minimum absolute atomic E-state index is 0. The van der Waals surface area contributed by atoms with E-state index in [0.717, 1.165) is 64.7 Å². The van der Waals surface area contributed by atoms with Gasteiger partial charge in [-0.15, -0.1) is 40.5 Å². The Bertz CT molecular complexity index is 2290. The number of furan rings is 1. The van der Waals surface area contributed by atoms with Crippen molar-refractivity contribution in [3.63, 3.8) is 0 Å². The number of aliphatic hydroxyl groups excluding tert-OH is 1. The first kappa shape index (κ1) is 44.1. The molecule has 3 aromatic carbocycles. The molecule has 0 unspecified atom stereocenters. The first-order chi connectivity index (χ1) is 25.5. The van der Waals surface area contributed by atoms with Crippen LogP contribution in [0.3, 0.4) is 0 Å². The van der Waals surface area contributed by atoms with Crippen molar-refractivity contribution in [2.75, 3.05) is 0 Å². The number of pyridine rings is 1. The largest absolute Gasteiger partial charge is 0.512 e. The van der Waals surface area contributed by atoms with Crippen molar-refractivity contribution in [1.82, 2.24) is 4.98 Å². The Hall–Kier alpha value is -3.57. The third kappa shape index (κ3) is 9.53. The molecule has 0 saturated heterocycles. The van der Waals surface area contributed by atoms with E-state index in [1.807, 2.05) is 47.8 Å². The van der Waals surface area contributed by atoms with E-state index in [1.165, 1.54) is 43.8 Å². The quantitative estimate of drug-likeness (QED) is 0.0799. The molecular formula is C49H60IrNO3S-. The number of carbonyl (C=O) groups excluding carboxylic acids is 1. The van der Waals surface area contributed by atoms with Crippen molar-refractivity contribution in [3.8, 4) is 22.4 Å². The number of aryl methyl sites for hydroxylation is 1. The third-order valence-electron chi connectivity index (χ3n) is 11.7. The van der Waals surface area contributed by atoms with Gasteiger partial charge in [0.25, 0.3) is 0 Å². The van der Waals surface area contributed by atoms with Crippen molar-refractivity contribution in [2.24, 2.45) is 16.7 Å². The number of thiophene rings is 1. The summed E-state index contributed by atoms with van der Waals surface area (Å²) in [6, 6.07) is 25.7. The van der Waals surface area contributed by atoms with Crippen molar-refractivity contribution < 1.29 is 34.4 Å². The van der Waals surface area contributed by atoms with E-state index in [-0.39, 0.29) is 47.9 Å². The van der Waals surface area contributed by atoms with Crippen LogP contribution in [0.25, 0.3) is 54.3 Å². The van der Waals surface area contributed by atoms with Gasteiger partial charge in [-0.1, -0.05) is 124 Å². The maximum Gasteiger partial charge on any atom is 0.164 e. The molecule has 0 saturated carbocycles. The average Bonchev–Trinajstić information content (AvgIpc) is 3.74. The van der Waals surface area contributed by atoms with Gasteiger partial charge in [0.2, 0.25) is 0 Å². The van der Waals surface area contributed by atoms with Gasteiger partial charge in [0.1, 0.15) is 16.2 Å². The molecule has 55 heavy (non-hydrogen) atoms. The number of benzene rings is 3. The van der Waals surface area contributed by atoms with Gasteiger partial charge in [-0.2, -0.15) is 0 Å². The molecule has 0 fully saturated rings. The van der Waals surface area contributed by atoms with Crippen LogP contribution in [-0.4, -0.2) is 15.9 Å². The summed E-state index contributed by atoms with van der Waals surface area (Å²) >= 11 is 1.75. The minimum Gasteiger partial charge on any atom is -0.512 e. The van der Waals surface area contributed by atoms with E-state index >= 15 is 0 Å². The Labute approximate surface area is 347 Å². The first-order valence-electron chi connectivity index (χ1n) is 19.8. The van der Waals surface area contributed by atoms with Crippen LogP contribution in [0.5, 0.6) is 0 Å². The second kappa shape index (κ2) is 17.7. The Morgan fingerprint density at radius 3 is 2.15 bits per heavy atom. The summed E-state index contributed by atoms with van der Waals surface area (Å²) in [5, 5.41) is 14.9. The molecule has 6 aromatic rings. The second-order valence-corrected chi connectivity index (χ2v) is 18.3. The molecule has 0 spiro atoms. The molecule has 295 valence electrons. The molecule has 0 aliphatic heterocycles. The number of hydrogen-bond donors (Lipinski definition) is 1. The van der Waals surface area contributed by atoms with Crippen LogP contribution < -0.4 is 0 Å². The molecule has 6 heteroatoms. The minimum atomic E-state index is -0.337. The molecule has 3 aromatic heterocycles. The zero-order chi connectivity index (χ0) is 39.6. The molecule has 3 heterocycles. The fraction of sp³-hybridized carbons (Fsp3) is 0.429. The summed E-state index contributed by atoms with van der Waals surface area (Å²) in [6.45, 7) is 25.6. The molecule has 0 aliphatic carbocycles. The van der Waals surface area contributed by atoms with Crippen LogP contribution in [0.1, 0.15) is 118 Å². The third-order valence-corrected chi connectivity index (χ3v) is 12.6. The molecule has 0 aliphatic rings. The van der Waals surface area contributed by atoms with E-state index in [9.17, 15) is 9.90 Å². The summed E-state index contributed by atoms with van der Waals surface area (Å²) in [4.78, 5) is 19.6. The average molecular weight is 935 g/mol. The zero-order valence-electron chi connectivity index (χ0n) is 35.0. The van der Waals surface area contributed by atoms with Crippen LogP contribution >= 0.6 is 11.3 Å². The van der Waals surface area contributed by atoms with E-state index in [1.54, 1.807) is 11.3 Å². The maximum absolute atomic E-state index is 12.2. The van der Waals surface area contributed by atoms with Crippen LogP contribution in [0.2, 0.25) is 0 Å². The van der Waals surface area contributed by atoms with Gasteiger partial charge in [0, 0.05) is 58.4 Å². The normalized spacial score (nSPS) is 12.6. The molecule has 0 bridgehead atoms. The number of fused-ring (bicyclic) bond motifs is 3. The van der Waals surface area contributed by atoms with Crippen LogP contribution in [0.4, 0.5) is 0 Å². The topological polar surface area (TPSA) is 63.3 Å². The Morgan fingerprint density at radius 1 is 0.873 bits per heavy atom. The van der Waals surface area contributed by atoms with E-state index in [0.29, 0.717) is 5.92 Å². The van der Waals surface area contributed by atoms with Gasteiger partial charge in [0.05, 0.1) is 6.26 Å². The summed E-state index contributed by atoms with van der Waals surface area (Å²) in [6.07, 6.45) is 7.70. The van der Waals surface area contributed by atoms with Crippen molar-refractivity contribution in [2.45, 2.75) is 121 Å². The van der Waals surface area contributed by atoms with Gasteiger partial charge in [-0.25, -0.2) is 0 Å². The van der Waals surface area contributed by atoms with Crippen LogP contribution in [-0.2, 0) is 36.7 Å². The van der Waals surface area contributed by atoms with Crippen LogP contribution in [0, 0.1) is 29.7 Å². The number of aromatic nitrogens is 1. The molecule has 4 nitrogen and oxygen atoms in total. The van der Waals surface area contributed by atoms with Crippen LogP contribution in [0.15, 0.2) is 83.2 Å². The standard InChI is InChI=1S/C34H32NOS.C15H28O2.Ir/c1-20(2)13-25-19-36-32-17-23(11-12-27(25)32)28-18-31(35-33-29(28)14-21(3)37-33)24-15-22-9-7-8-10-26(22)30(16-24)34(4,5)6;1-7-14(5,8-2)12(16)11-13(17)15(6,9-3)10-4;/h7-12,14,16-20H,13H2,1-6H3;11,16H,7-10H2,1-6H3;/q-1;;/b;12-11-;. The molecule has 0 atom stereocenters. The van der Waals surface area contributed by atoms with Gasteiger partial charge >= 0.3 is 0 Å². The van der Waals surface area contributed by atoms with Gasteiger partial charge in [-0.3, -0.25) is 9.78 Å². The Kier molecular flexibility index (Phi) is 14.2. The van der Waals surface area contributed by atoms with Crippen molar-refractivity contribution >= 4 is 49.1 Å². The maximum atomic E-state index is 12.2. The smallest absolute Gasteiger partial charge is 0.164 e. The van der Waals surface area contributed by atoms with Gasteiger partial charge in [-0.05, 0) is 79.2 Å². The number of allylic oxidation sites excluding steroid dienone is 2. The fourth-order valence-corrected chi connectivity index (χ4v) is 7.94. The van der Waals surface area contributed by atoms with E-state index in [4.69, 9.17) is 9.40 Å². The SMILES string of the molecule is CCC(C)(CC)C(=O)/C=C(\O)C(C)(CC)CC.Cc1cc2c(-c3ccc4c(CC(C)C)coc4c3)cc(-c3[c-]c4ccccc4c(C(C)(C)C)c3)nc2s1.[Ir]. The number of rotatable bonds is 11. The Balaban J connectivity index is 0.000000320. The summed E-state index contributed by atoms with van der Waals surface area (Å²) in [7, 11) is 0. The number of aliphatic hydroxyl groups is 1. The molecule has 0 amide bonds.